The van der Waals surface area contributed by atoms with E-state index in [9.17, 15) is 9.59 Å². The van der Waals surface area contributed by atoms with Crippen LogP contribution in [0.5, 0.6) is 0 Å². The van der Waals surface area contributed by atoms with Crippen LogP contribution in [-0.2, 0) is 9.53 Å². The van der Waals surface area contributed by atoms with Gasteiger partial charge in [0, 0.05) is 43.6 Å². The molecule has 1 unspecified atom stereocenters. The molecule has 0 radical (unpaired) electrons. The number of pyridine rings is 1. The second-order valence-corrected chi connectivity index (χ2v) is 7.94. The number of aryl methyl sites for hydroxylation is 1. The maximum atomic E-state index is 13.1. The molecule has 2 aliphatic heterocycles. The molecule has 2 N–H and O–H groups in total. The second-order valence-electron chi connectivity index (χ2n) is 7.94. The summed E-state index contributed by atoms with van der Waals surface area (Å²) in [6, 6.07) is 11.1. The zero-order valence-corrected chi connectivity index (χ0v) is 16.6. The number of nitrogens with one attached hydrogen (secondary N) is 2. The third-order valence-corrected chi connectivity index (χ3v) is 5.94. The van der Waals surface area contributed by atoms with Gasteiger partial charge in [0.05, 0.1) is 17.8 Å². The normalized spacial score (nSPS) is 20.4. The summed E-state index contributed by atoms with van der Waals surface area (Å²) in [6.45, 7) is 4.16. The average molecular weight is 394 g/mol. The number of aromatic nitrogens is 1. The molecule has 1 aromatic heterocycles. The van der Waals surface area contributed by atoms with Gasteiger partial charge in [-0.1, -0.05) is 12.1 Å². The number of benzene rings is 1. The molecule has 2 aliphatic rings. The maximum absolute atomic E-state index is 13.1. The second kappa shape index (κ2) is 8.21. The molecule has 3 amide bonds. The number of carbonyl (C=O) groups is 2. The first-order valence-electron chi connectivity index (χ1n) is 9.97. The molecule has 0 saturated carbocycles. The van der Waals surface area contributed by atoms with E-state index in [1.807, 2.05) is 37.3 Å². The largest absolute Gasteiger partial charge is 0.381 e. The highest BCUT2D eigenvalue weighted by Crippen LogP contribution is 2.45. The number of hydrogen-bond acceptors (Lipinski definition) is 4. The summed E-state index contributed by atoms with van der Waals surface area (Å²) in [5.74, 6) is -0.347. The summed E-state index contributed by atoms with van der Waals surface area (Å²) in [5, 5.41) is 5.94. The number of nitrogens with zero attached hydrogens (tertiary/aromatic N) is 2. The lowest BCUT2D eigenvalue weighted by Gasteiger charge is -2.37. The predicted octanol–water partition coefficient (Wildman–Crippen LogP) is 3.29. The van der Waals surface area contributed by atoms with Gasteiger partial charge in [-0.2, -0.15) is 0 Å². The van der Waals surface area contributed by atoms with Crippen molar-refractivity contribution < 1.29 is 14.3 Å². The smallest absolute Gasteiger partial charge is 0.321 e. The summed E-state index contributed by atoms with van der Waals surface area (Å²) in [6.07, 6.45) is 4.84. The molecule has 1 spiro atoms. The molecule has 1 atom stereocenters. The molecule has 0 aliphatic carbocycles. The summed E-state index contributed by atoms with van der Waals surface area (Å²) >= 11 is 0. The SMILES string of the molecule is Cc1cccc(NC(=O)N2CC(C(=O)Nc3cccnc3)C3(CCOCC3)C2)c1. The van der Waals surface area contributed by atoms with Crippen molar-refractivity contribution >= 4 is 23.3 Å². The molecule has 1 aromatic carbocycles. The molecule has 152 valence electrons. The molecule has 2 saturated heterocycles. The van der Waals surface area contributed by atoms with E-state index in [4.69, 9.17) is 4.74 Å². The molecule has 0 bridgehead atoms. The Balaban J connectivity index is 1.51. The van der Waals surface area contributed by atoms with Crippen LogP contribution in [0.25, 0.3) is 0 Å². The van der Waals surface area contributed by atoms with Crippen LogP contribution in [0.15, 0.2) is 48.8 Å². The van der Waals surface area contributed by atoms with Crippen molar-refractivity contribution in [1.29, 1.82) is 0 Å². The first kappa shape index (κ1) is 19.4. The van der Waals surface area contributed by atoms with Crippen LogP contribution < -0.4 is 10.6 Å². The monoisotopic (exact) mass is 394 g/mol. The zero-order chi connectivity index (χ0) is 20.3. The van der Waals surface area contributed by atoms with Crippen molar-refractivity contribution in [2.75, 3.05) is 36.9 Å². The van der Waals surface area contributed by atoms with E-state index >= 15 is 0 Å². The predicted molar refractivity (Wildman–Crippen MR) is 111 cm³/mol. The fourth-order valence-electron chi connectivity index (χ4n) is 4.36. The highest BCUT2D eigenvalue weighted by Gasteiger charge is 2.51. The summed E-state index contributed by atoms with van der Waals surface area (Å²) in [5.41, 5.74) is 2.26. The molecule has 2 aromatic rings. The van der Waals surface area contributed by atoms with Crippen LogP contribution in [0.4, 0.5) is 16.2 Å². The Kier molecular flexibility index (Phi) is 5.49. The Hall–Kier alpha value is -2.93. The summed E-state index contributed by atoms with van der Waals surface area (Å²) in [7, 11) is 0. The minimum absolute atomic E-state index is 0.0641. The van der Waals surface area contributed by atoms with E-state index < -0.39 is 0 Å². The number of anilines is 2. The topological polar surface area (TPSA) is 83.6 Å². The Morgan fingerprint density at radius 1 is 1.14 bits per heavy atom. The van der Waals surface area contributed by atoms with Gasteiger partial charge in [0.1, 0.15) is 0 Å². The highest BCUT2D eigenvalue weighted by atomic mass is 16.5. The maximum Gasteiger partial charge on any atom is 0.321 e. The summed E-state index contributed by atoms with van der Waals surface area (Å²) in [4.78, 5) is 31.9. The number of rotatable bonds is 3. The minimum atomic E-state index is -0.283. The van der Waals surface area contributed by atoms with Crippen LogP contribution in [0.3, 0.4) is 0 Å². The van der Waals surface area contributed by atoms with Gasteiger partial charge in [-0.15, -0.1) is 0 Å². The van der Waals surface area contributed by atoms with Gasteiger partial charge in [0.15, 0.2) is 0 Å². The lowest BCUT2D eigenvalue weighted by molar-refractivity contribution is -0.124. The van der Waals surface area contributed by atoms with Gasteiger partial charge in [-0.3, -0.25) is 9.78 Å². The van der Waals surface area contributed by atoms with Gasteiger partial charge in [-0.05, 0) is 49.6 Å². The molecule has 7 heteroatoms. The highest BCUT2D eigenvalue weighted by molar-refractivity contribution is 5.95. The van der Waals surface area contributed by atoms with Gasteiger partial charge >= 0.3 is 6.03 Å². The van der Waals surface area contributed by atoms with Crippen LogP contribution in [0.1, 0.15) is 18.4 Å². The van der Waals surface area contributed by atoms with E-state index in [-0.39, 0.29) is 23.3 Å². The van der Waals surface area contributed by atoms with Crippen molar-refractivity contribution in [2.24, 2.45) is 11.3 Å². The third kappa shape index (κ3) is 4.24. The van der Waals surface area contributed by atoms with Crippen molar-refractivity contribution in [2.45, 2.75) is 19.8 Å². The van der Waals surface area contributed by atoms with E-state index in [0.717, 1.165) is 24.1 Å². The lowest BCUT2D eigenvalue weighted by atomic mass is 9.71. The van der Waals surface area contributed by atoms with Crippen molar-refractivity contribution in [1.82, 2.24) is 9.88 Å². The molecule has 4 rings (SSSR count). The molecular weight excluding hydrogens is 368 g/mol. The van der Waals surface area contributed by atoms with Gasteiger partial charge in [0.2, 0.25) is 5.91 Å². The zero-order valence-electron chi connectivity index (χ0n) is 16.6. The lowest BCUT2D eigenvalue weighted by Crippen LogP contribution is -2.42. The van der Waals surface area contributed by atoms with E-state index in [1.54, 1.807) is 23.4 Å². The fourth-order valence-corrected chi connectivity index (χ4v) is 4.36. The van der Waals surface area contributed by atoms with E-state index in [0.29, 0.717) is 32.0 Å². The Labute approximate surface area is 170 Å². The van der Waals surface area contributed by atoms with Crippen molar-refractivity contribution in [3.05, 3.63) is 54.4 Å². The van der Waals surface area contributed by atoms with Gasteiger partial charge in [-0.25, -0.2) is 4.79 Å². The molecule has 2 fully saturated rings. The Morgan fingerprint density at radius 3 is 2.66 bits per heavy atom. The first-order chi connectivity index (χ1) is 14.1. The average Bonchev–Trinajstić information content (AvgIpc) is 3.08. The van der Waals surface area contributed by atoms with E-state index in [1.165, 1.54) is 0 Å². The number of hydrogen-bond donors (Lipinski definition) is 2. The minimum Gasteiger partial charge on any atom is -0.381 e. The van der Waals surface area contributed by atoms with Crippen LogP contribution >= 0.6 is 0 Å². The van der Waals surface area contributed by atoms with Crippen LogP contribution in [0, 0.1) is 18.3 Å². The standard InChI is InChI=1S/C22H26N4O3/c1-16-4-2-5-17(12-16)25-21(28)26-14-19(22(15-26)7-10-29-11-8-22)20(27)24-18-6-3-9-23-13-18/h2-6,9,12-13,19H,7-8,10-11,14-15H2,1H3,(H,24,27)(H,25,28). The first-order valence-corrected chi connectivity index (χ1v) is 9.97. The Bertz CT molecular complexity index is 881. The van der Waals surface area contributed by atoms with Crippen molar-refractivity contribution in [3.63, 3.8) is 0 Å². The number of carbonyl (C=O) groups excluding carboxylic acids is 2. The van der Waals surface area contributed by atoms with Crippen LogP contribution in [0.2, 0.25) is 0 Å². The number of urea groups is 1. The van der Waals surface area contributed by atoms with E-state index in [2.05, 4.69) is 15.6 Å². The van der Waals surface area contributed by atoms with Crippen molar-refractivity contribution in [3.8, 4) is 0 Å². The molecular formula is C22H26N4O3. The quantitative estimate of drug-likeness (QED) is 0.837. The number of amides is 3. The van der Waals surface area contributed by atoms with Gasteiger partial charge in [0.25, 0.3) is 0 Å². The molecule has 3 heterocycles. The Morgan fingerprint density at radius 2 is 1.93 bits per heavy atom. The third-order valence-electron chi connectivity index (χ3n) is 5.94. The summed E-state index contributed by atoms with van der Waals surface area (Å²) < 4.78 is 5.55. The van der Waals surface area contributed by atoms with Gasteiger partial charge < -0.3 is 20.3 Å². The molecule has 29 heavy (non-hydrogen) atoms. The number of likely N-dealkylation sites (tertiary alicyclic amines) is 1. The van der Waals surface area contributed by atoms with Crippen LogP contribution in [-0.4, -0.2) is 48.1 Å². The number of ether oxygens (including phenoxy) is 1. The molecule has 7 nitrogen and oxygen atoms in total. The fraction of sp³-hybridized carbons (Fsp3) is 0.409.